The molecule has 0 saturated heterocycles. The van der Waals surface area contributed by atoms with Crippen LogP contribution in [0.2, 0.25) is 0 Å². The summed E-state index contributed by atoms with van der Waals surface area (Å²) in [4.78, 5) is 0. The third-order valence-corrected chi connectivity index (χ3v) is 2.72. The van der Waals surface area contributed by atoms with Crippen molar-refractivity contribution in [3.63, 3.8) is 0 Å². The van der Waals surface area contributed by atoms with Gasteiger partial charge in [-0.2, -0.15) is 0 Å². The van der Waals surface area contributed by atoms with Crippen LogP contribution in [0.15, 0.2) is 24.3 Å². The molecular weight excluding hydrogens is 156 g/mol. The van der Waals surface area contributed by atoms with Gasteiger partial charge in [-0.15, -0.1) is 0 Å². The Morgan fingerprint density at radius 3 is 2.23 bits per heavy atom. The zero-order valence-electron chi connectivity index (χ0n) is 8.73. The van der Waals surface area contributed by atoms with Gasteiger partial charge in [0.05, 0.1) is 0 Å². The second kappa shape index (κ2) is 6.94. The largest absolute Gasteiger partial charge is 0.0958 e. The Morgan fingerprint density at radius 1 is 0.846 bits per heavy atom. The molecule has 0 atom stereocenters. The molecule has 0 unspecified atom stereocenters. The van der Waals surface area contributed by atoms with Crippen LogP contribution in [0.5, 0.6) is 0 Å². The Hall–Kier alpha value is -0.520. The molecule has 0 aromatic heterocycles. The van der Waals surface area contributed by atoms with Gasteiger partial charge in [0.15, 0.2) is 0 Å². The summed E-state index contributed by atoms with van der Waals surface area (Å²) in [5.74, 6) is 0. The van der Waals surface area contributed by atoms with E-state index in [1.807, 2.05) is 0 Å². The van der Waals surface area contributed by atoms with Crippen LogP contribution in [0.1, 0.15) is 57.8 Å². The first-order chi connectivity index (χ1) is 6.39. The topological polar surface area (TPSA) is 0 Å². The summed E-state index contributed by atoms with van der Waals surface area (Å²) >= 11 is 0. The van der Waals surface area contributed by atoms with E-state index in [4.69, 9.17) is 0 Å². The molecule has 0 spiro atoms. The molecule has 0 fully saturated rings. The molecule has 0 aromatic carbocycles. The highest BCUT2D eigenvalue weighted by molar-refractivity contribution is 5.13. The van der Waals surface area contributed by atoms with Crippen LogP contribution < -0.4 is 0 Å². The van der Waals surface area contributed by atoms with Gasteiger partial charge in [0.2, 0.25) is 0 Å². The van der Waals surface area contributed by atoms with E-state index in [1.54, 1.807) is 0 Å². The van der Waals surface area contributed by atoms with Crippen molar-refractivity contribution in [2.24, 2.45) is 0 Å². The Morgan fingerprint density at radius 2 is 1.46 bits per heavy atom. The lowest BCUT2D eigenvalue weighted by Gasteiger charge is -2.04. The molecule has 0 aliphatic heterocycles. The molecule has 0 bridgehead atoms. The molecule has 0 heterocycles. The fraction of sp³-hybridized carbons (Fsp3) is 0.692. The number of allylic oxidation sites excluding steroid dienone is 3. The second-order valence-electron chi connectivity index (χ2n) is 4.07. The molecule has 0 heteroatoms. The standard InChI is InChI=1S/C13H22/c1-13-11-9-7-5-3-2-4-6-8-10-12-13/h9,11H,1-8,10,12H2/b11-9+. The van der Waals surface area contributed by atoms with E-state index in [1.165, 1.54) is 63.4 Å². The van der Waals surface area contributed by atoms with Gasteiger partial charge < -0.3 is 0 Å². The minimum absolute atomic E-state index is 1.20. The minimum atomic E-state index is 1.20. The third kappa shape index (κ3) is 5.68. The van der Waals surface area contributed by atoms with E-state index in [9.17, 15) is 0 Å². The summed E-state index contributed by atoms with van der Waals surface area (Å²) < 4.78 is 0. The van der Waals surface area contributed by atoms with Crippen LogP contribution in [0.25, 0.3) is 0 Å². The SMILES string of the molecule is C=C1/C=C/CCCCCCCCC1. The molecule has 74 valence electrons. The molecule has 0 nitrogen and oxygen atoms in total. The number of hydrogen-bond acceptors (Lipinski definition) is 0. The Balaban J connectivity index is 2.26. The van der Waals surface area contributed by atoms with Crippen LogP contribution in [0.4, 0.5) is 0 Å². The predicted octanol–water partition coefficient (Wildman–Crippen LogP) is 4.62. The van der Waals surface area contributed by atoms with Crippen molar-refractivity contribution in [3.8, 4) is 0 Å². The summed E-state index contributed by atoms with van der Waals surface area (Å²) in [6.45, 7) is 4.06. The van der Waals surface area contributed by atoms with Gasteiger partial charge in [-0.05, 0) is 25.7 Å². The number of rotatable bonds is 0. The second-order valence-corrected chi connectivity index (χ2v) is 4.07. The van der Waals surface area contributed by atoms with Crippen molar-refractivity contribution in [1.29, 1.82) is 0 Å². The van der Waals surface area contributed by atoms with Gasteiger partial charge in [0, 0.05) is 0 Å². The molecular formula is C13H22. The lowest BCUT2D eigenvalue weighted by molar-refractivity contribution is 0.579. The maximum Gasteiger partial charge on any atom is -0.0285 e. The summed E-state index contributed by atoms with van der Waals surface area (Å²) in [5.41, 5.74) is 1.32. The van der Waals surface area contributed by atoms with Crippen molar-refractivity contribution >= 4 is 0 Å². The van der Waals surface area contributed by atoms with E-state index in [-0.39, 0.29) is 0 Å². The predicted molar refractivity (Wildman–Crippen MR) is 59.8 cm³/mol. The summed E-state index contributed by atoms with van der Waals surface area (Å²) in [5, 5.41) is 0. The molecule has 0 radical (unpaired) electrons. The highest BCUT2D eigenvalue weighted by Gasteiger charge is 1.94. The summed E-state index contributed by atoms with van der Waals surface area (Å²) in [6.07, 6.45) is 16.8. The minimum Gasteiger partial charge on any atom is -0.0958 e. The van der Waals surface area contributed by atoms with E-state index < -0.39 is 0 Å². The first kappa shape index (κ1) is 10.6. The van der Waals surface area contributed by atoms with Crippen LogP contribution in [-0.4, -0.2) is 0 Å². The highest BCUT2D eigenvalue weighted by Crippen LogP contribution is 2.14. The van der Waals surface area contributed by atoms with Crippen LogP contribution >= 0.6 is 0 Å². The lowest BCUT2D eigenvalue weighted by Crippen LogP contribution is -1.84. The van der Waals surface area contributed by atoms with E-state index in [0.29, 0.717) is 0 Å². The maximum atomic E-state index is 4.06. The zero-order chi connectivity index (χ0) is 9.36. The summed E-state index contributed by atoms with van der Waals surface area (Å²) in [6, 6.07) is 0. The summed E-state index contributed by atoms with van der Waals surface area (Å²) in [7, 11) is 0. The number of hydrogen-bond donors (Lipinski definition) is 0. The molecule has 1 aliphatic carbocycles. The van der Waals surface area contributed by atoms with Gasteiger partial charge in [0.25, 0.3) is 0 Å². The Bertz CT molecular complexity index is 165. The lowest BCUT2D eigenvalue weighted by atomic mass is 10.0. The van der Waals surface area contributed by atoms with Crippen molar-refractivity contribution in [2.45, 2.75) is 57.8 Å². The fourth-order valence-electron chi connectivity index (χ4n) is 1.83. The monoisotopic (exact) mass is 178 g/mol. The van der Waals surface area contributed by atoms with Gasteiger partial charge in [-0.1, -0.05) is 56.4 Å². The normalized spacial score (nSPS) is 24.5. The highest BCUT2D eigenvalue weighted by atomic mass is 14.0. The smallest absolute Gasteiger partial charge is 0.0285 e. The average molecular weight is 178 g/mol. The molecule has 13 heavy (non-hydrogen) atoms. The zero-order valence-corrected chi connectivity index (χ0v) is 8.73. The van der Waals surface area contributed by atoms with Gasteiger partial charge >= 0.3 is 0 Å². The quantitative estimate of drug-likeness (QED) is 0.507. The molecule has 0 aromatic rings. The van der Waals surface area contributed by atoms with Crippen LogP contribution in [-0.2, 0) is 0 Å². The van der Waals surface area contributed by atoms with E-state index >= 15 is 0 Å². The molecule has 1 aliphatic rings. The molecule has 0 amide bonds. The van der Waals surface area contributed by atoms with Crippen molar-refractivity contribution < 1.29 is 0 Å². The Kier molecular flexibility index (Phi) is 5.64. The molecule has 0 N–H and O–H groups in total. The van der Waals surface area contributed by atoms with E-state index in [0.717, 1.165) is 0 Å². The third-order valence-electron chi connectivity index (χ3n) is 2.72. The average Bonchev–Trinajstić information content (AvgIpc) is 2.11. The first-order valence-electron chi connectivity index (χ1n) is 5.74. The first-order valence-corrected chi connectivity index (χ1v) is 5.74. The van der Waals surface area contributed by atoms with E-state index in [2.05, 4.69) is 18.7 Å². The van der Waals surface area contributed by atoms with Gasteiger partial charge in [-0.25, -0.2) is 0 Å². The van der Waals surface area contributed by atoms with Crippen molar-refractivity contribution in [2.75, 3.05) is 0 Å². The Labute approximate surface area is 82.7 Å². The molecule has 0 saturated carbocycles. The van der Waals surface area contributed by atoms with Crippen molar-refractivity contribution in [1.82, 2.24) is 0 Å². The maximum absolute atomic E-state index is 4.06. The van der Waals surface area contributed by atoms with Crippen LogP contribution in [0, 0.1) is 0 Å². The van der Waals surface area contributed by atoms with Crippen LogP contribution in [0.3, 0.4) is 0 Å². The molecule has 1 rings (SSSR count). The van der Waals surface area contributed by atoms with Crippen molar-refractivity contribution in [3.05, 3.63) is 24.3 Å². The van der Waals surface area contributed by atoms with Gasteiger partial charge in [-0.3, -0.25) is 0 Å². The van der Waals surface area contributed by atoms with Gasteiger partial charge in [0.1, 0.15) is 0 Å². The fourth-order valence-corrected chi connectivity index (χ4v) is 1.83.